The molecule has 1 aromatic heterocycles. The predicted octanol–water partition coefficient (Wildman–Crippen LogP) is 3.42. The van der Waals surface area contributed by atoms with E-state index in [2.05, 4.69) is 9.72 Å². The monoisotopic (exact) mass is 385 g/mol. The summed E-state index contributed by atoms with van der Waals surface area (Å²) in [5.41, 5.74) is -2.37. The highest BCUT2D eigenvalue weighted by atomic mass is 127. The lowest BCUT2D eigenvalue weighted by molar-refractivity contribution is -0.276. The van der Waals surface area contributed by atoms with Crippen LogP contribution in [0.3, 0.4) is 0 Å². The molecule has 0 radical (unpaired) electrons. The molecule has 1 aromatic rings. The quantitative estimate of drug-likeness (QED) is 0.339. The zero-order valence-electron chi connectivity index (χ0n) is 8.06. The van der Waals surface area contributed by atoms with Crippen LogP contribution in [-0.4, -0.2) is 17.6 Å². The summed E-state index contributed by atoms with van der Waals surface area (Å²) in [6.07, 6.45) is -10.2. The molecule has 0 aliphatic carbocycles. The molecule has 0 aliphatic rings. The van der Waals surface area contributed by atoms with E-state index in [9.17, 15) is 31.1 Å². The van der Waals surface area contributed by atoms with Crippen LogP contribution in [0.5, 0.6) is 5.88 Å². The van der Waals surface area contributed by atoms with Crippen LogP contribution < -0.4 is 4.74 Å². The molecular formula is C8H2F6INO2. The number of rotatable bonds is 2. The van der Waals surface area contributed by atoms with Crippen LogP contribution in [0.4, 0.5) is 26.3 Å². The van der Waals surface area contributed by atoms with E-state index in [1.165, 1.54) is 0 Å². The van der Waals surface area contributed by atoms with Crippen LogP contribution >= 0.6 is 22.6 Å². The van der Waals surface area contributed by atoms with Crippen LogP contribution in [0.15, 0.2) is 6.07 Å². The Balaban J connectivity index is 3.32. The standard InChI is InChI=1S/C8H2F6INO2/c9-7(10,11)5-3(2-17)1-4(16-6(5)15)18-8(12,13)14/h1-2H. The van der Waals surface area contributed by atoms with Gasteiger partial charge in [-0.25, -0.2) is 4.98 Å². The zero-order chi connectivity index (χ0) is 14.1. The third-order valence-corrected chi connectivity index (χ3v) is 2.39. The molecule has 3 nitrogen and oxygen atoms in total. The fourth-order valence-corrected chi connectivity index (χ4v) is 1.91. The molecule has 1 rings (SSSR count). The molecule has 0 N–H and O–H groups in total. The molecule has 0 fully saturated rings. The Morgan fingerprint density at radius 1 is 1.22 bits per heavy atom. The molecule has 0 atom stereocenters. The number of aldehydes is 1. The summed E-state index contributed by atoms with van der Waals surface area (Å²) in [5, 5.41) is 0. The largest absolute Gasteiger partial charge is 0.574 e. The van der Waals surface area contributed by atoms with Gasteiger partial charge in [-0.3, -0.25) is 4.79 Å². The van der Waals surface area contributed by atoms with Gasteiger partial charge < -0.3 is 4.74 Å². The molecule has 0 saturated heterocycles. The number of hydrogen-bond donors (Lipinski definition) is 0. The molecule has 0 saturated carbocycles. The number of hydrogen-bond acceptors (Lipinski definition) is 3. The average Bonchev–Trinajstić information content (AvgIpc) is 2.11. The molecule has 0 bridgehead atoms. The van der Waals surface area contributed by atoms with Crippen LogP contribution in [0.1, 0.15) is 15.9 Å². The SMILES string of the molecule is O=Cc1cc(OC(F)(F)F)nc(I)c1C(F)(F)F. The minimum absolute atomic E-state index is 0.212. The van der Waals surface area contributed by atoms with Crippen molar-refractivity contribution < 1.29 is 35.9 Å². The van der Waals surface area contributed by atoms with Gasteiger partial charge in [0.1, 0.15) is 3.70 Å². The minimum Gasteiger partial charge on any atom is -0.388 e. The number of pyridine rings is 1. The highest BCUT2D eigenvalue weighted by Gasteiger charge is 2.38. The van der Waals surface area contributed by atoms with Crippen molar-refractivity contribution in [2.45, 2.75) is 12.5 Å². The van der Waals surface area contributed by atoms with Gasteiger partial charge in [0.05, 0.1) is 5.56 Å². The second-order valence-electron chi connectivity index (χ2n) is 2.88. The van der Waals surface area contributed by atoms with Crippen molar-refractivity contribution in [1.29, 1.82) is 0 Å². The Bertz CT molecular complexity index is 470. The van der Waals surface area contributed by atoms with E-state index < -0.39 is 33.2 Å². The normalized spacial score (nSPS) is 12.4. The van der Waals surface area contributed by atoms with Gasteiger partial charge >= 0.3 is 12.5 Å². The maximum Gasteiger partial charge on any atom is 0.574 e. The lowest BCUT2D eigenvalue weighted by Crippen LogP contribution is -2.20. The Kier molecular flexibility index (Phi) is 4.08. The molecule has 0 unspecified atom stereocenters. The highest BCUT2D eigenvalue weighted by Crippen LogP contribution is 2.36. The maximum absolute atomic E-state index is 12.5. The first-order valence-corrected chi connectivity index (χ1v) is 5.11. The van der Waals surface area contributed by atoms with Gasteiger partial charge in [0, 0.05) is 11.6 Å². The van der Waals surface area contributed by atoms with Crippen molar-refractivity contribution in [3.63, 3.8) is 0 Å². The zero-order valence-corrected chi connectivity index (χ0v) is 10.2. The van der Waals surface area contributed by atoms with E-state index in [4.69, 9.17) is 0 Å². The first-order valence-electron chi connectivity index (χ1n) is 4.03. The summed E-state index contributed by atoms with van der Waals surface area (Å²) < 4.78 is 75.6. The summed E-state index contributed by atoms with van der Waals surface area (Å²) in [4.78, 5) is 13.5. The van der Waals surface area contributed by atoms with Crippen molar-refractivity contribution in [2.75, 3.05) is 0 Å². The van der Waals surface area contributed by atoms with Gasteiger partial charge in [0.25, 0.3) is 0 Å². The Hall–Kier alpha value is -1.07. The molecule has 0 amide bonds. The van der Waals surface area contributed by atoms with E-state index in [-0.39, 0.29) is 12.4 Å². The number of nitrogens with zero attached hydrogens (tertiary/aromatic N) is 1. The molecule has 1 heterocycles. The Labute approximate surface area is 109 Å². The van der Waals surface area contributed by atoms with Crippen molar-refractivity contribution in [1.82, 2.24) is 4.98 Å². The number of alkyl halides is 6. The number of ether oxygens (including phenoxy) is 1. The number of carbonyl (C=O) groups excluding carboxylic acids is 1. The summed E-state index contributed by atoms with van der Waals surface area (Å²) in [6.45, 7) is 0. The van der Waals surface area contributed by atoms with Crippen molar-refractivity contribution in [3.05, 3.63) is 20.9 Å². The summed E-state index contributed by atoms with van der Waals surface area (Å²) in [6, 6.07) is 0.283. The van der Waals surface area contributed by atoms with E-state index in [1.807, 2.05) is 0 Å². The average molecular weight is 385 g/mol. The lowest BCUT2D eigenvalue weighted by atomic mass is 10.1. The van der Waals surface area contributed by atoms with Gasteiger partial charge in [0.15, 0.2) is 6.29 Å². The summed E-state index contributed by atoms with van der Waals surface area (Å²) >= 11 is 1.07. The van der Waals surface area contributed by atoms with Crippen molar-refractivity contribution in [2.24, 2.45) is 0 Å². The van der Waals surface area contributed by atoms with Gasteiger partial charge in [-0.05, 0) is 22.6 Å². The minimum atomic E-state index is -5.10. The van der Waals surface area contributed by atoms with E-state index in [0.717, 1.165) is 22.6 Å². The third kappa shape index (κ3) is 3.71. The van der Waals surface area contributed by atoms with Gasteiger partial charge in [-0.1, -0.05) is 0 Å². The third-order valence-electron chi connectivity index (χ3n) is 1.61. The van der Waals surface area contributed by atoms with Gasteiger partial charge in [-0.15, -0.1) is 13.2 Å². The summed E-state index contributed by atoms with van der Waals surface area (Å²) in [7, 11) is 0. The number of aromatic nitrogens is 1. The molecule has 18 heavy (non-hydrogen) atoms. The predicted molar refractivity (Wildman–Crippen MR) is 54.0 cm³/mol. The molecule has 0 spiro atoms. The fraction of sp³-hybridized carbons (Fsp3) is 0.250. The smallest absolute Gasteiger partial charge is 0.388 e. The molecule has 100 valence electrons. The van der Waals surface area contributed by atoms with Gasteiger partial charge in [-0.2, -0.15) is 13.2 Å². The highest BCUT2D eigenvalue weighted by molar-refractivity contribution is 14.1. The van der Waals surface area contributed by atoms with Crippen LogP contribution in [0.2, 0.25) is 0 Å². The van der Waals surface area contributed by atoms with E-state index >= 15 is 0 Å². The van der Waals surface area contributed by atoms with E-state index in [0.29, 0.717) is 0 Å². The van der Waals surface area contributed by atoms with Crippen molar-refractivity contribution in [3.8, 4) is 5.88 Å². The van der Waals surface area contributed by atoms with Gasteiger partial charge in [0.2, 0.25) is 5.88 Å². The Morgan fingerprint density at radius 3 is 2.17 bits per heavy atom. The van der Waals surface area contributed by atoms with Crippen LogP contribution in [0, 0.1) is 3.70 Å². The second kappa shape index (κ2) is 4.90. The van der Waals surface area contributed by atoms with Crippen LogP contribution in [0.25, 0.3) is 0 Å². The first kappa shape index (κ1) is 15.0. The molecule has 0 aliphatic heterocycles. The topological polar surface area (TPSA) is 39.2 Å². The second-order valence-corrected chi connectivity index (χ2v) is 3.90. The lowest BCUT2D eigenvalue weighted by Gasteiger charge is -2.13. The number of carbonyl (C=O) groups is 1. The Morgan fingerprint density at radius 2 is 1.78 bits per heavy atom. The fourth-order valence-electron chi connectivity index (χ4n) is 1.05. The molecular weight excluding hydrogens is 383 g/mol. The van der Waals surface area contributed by atoms with Crippen LogP contribution in [-0.2, 0) is 6.18 Å². The molecule has 0 aromatic carbocycles. The number of halogens is 7. The first-order chi connectivity index (χ1) is 8.04. The maximum atomic E-state index is 12.5. The van der Waals surface area contributed by atoms with E-state index in [1.54, 1.807) is 0 Å². The van der Waals surface area contributed by atoms with Crippen molar-refractivity contribution >= 4 is 28.9 Å². The summed E-state index contributed by atoms with van der Waals surface area (Å²) in [5.74, 6) is -1.12. The molecule has 10 heteroatoms.